The van der Waals surface area contributed by atoms with Crippen molar-refractivity contribution >= 4 is 29.1 Å². The summed E-state index contributed by atoms with van der Waals surface area (Å²) in [6, 6.07) is 15.7. The van der Waals surface area contributed by atoms with E-state index in [1.165, 1.54) is 4.90 Å². The molecule has 0 unspecified atom stereocenters. The molecule has 2 amide bonds. The monoisotopic (exact) mass is 451 g/mol. The van der Waals surface area contributed by atoms with Crippen LogP contribution in [0.3, 0.4) is 0 Å². The summed E-state index contributed by atoms with van der Waals surface area (Å²) in [4.78, 5) is 31.5. The number of pyridine rings is 1. The van der Waals surface area contributed by atoms with E-state index in [9.17, 15) is 9.59 Å². The zero-order chi connectivity index (χ0) is 22.5. The fourth-order valence-corrected chi connectivity index (χ4v) is 3.43. The Morgan fingerprint density at radius 3 is 2.78 bits per heavy atom. The highest BCUT2D eigenvalue weighted by Crippen LogP contribution is 2.39. The zero-order valence-corrected chi connectivity index (χ0v) is 18.3. The number of halogens is 1. The molecule has 1 aliphatic rings. The zero-order valence-electron chi connectivity index (χ0n) is 17.5. The SMILES string of the molecule is CCCOc1ccc(CNC(=O)CN2C(=O)c3cccnc3Oc3ccc(Cl)cc32)cc1. The van der Waals surface area contributed by atoms with E-state index in [1.807, 2.05) is 31.2 Å². The molecule has 32 heavy (non-hydrogen) atoms. The standard InChI is InChI=1S/C24H22ClN3O4/c1-2-12-31-18-8-5-16(6-9-18)14-27-22(29)15-28-20-13-17(25)7-10-21(20)32-23-19(24(28)30)4-3-11-26-23/h3-11,13H,2,12,14-15H2,1H3,(H,27,29). The number of hydrogen-bond acceptors (Lipinski definition) is 5. The van der Waals surface area contributed by atoms with Gasteiger partial charge in [0.2, 0.25) is 11.8 Å². The molecular formula is C24H22ClN3O4. The van der Waals surface area contributed by atoms with Gasteiger partial charge in [-0.1, -0.05) is 30.7 Å². The summed E-state index contributed by atoms with van der Waals surface area (Å²) in [7, 11) is 0. The average Bonchev–Trinajstić information content (AvgIpc) is 2.92. The minimum Gasteiger partial charge on any atom is -0.494 e. The fraction of sp³-hybridized carbons (Fsp3) is 0.208. The van der Waals surface area contributed by atoms with Crippen LogP contribution >= 0.6 is 11.6 Å². The lowest BCUT2D eigenvalue weighted by Crippen LogP contribution is -2.40. The van der Waals surface area contributed by atoms with Gasteiger partial charge >= 0.3 is 0 Å². The Morgan fingerprint density at radius 1 is 1.19 bits per heavy atom. The van der Waals surface area contributed by atoms with E-state index in [0.717, 1.165) is 17.7 Å². The molecule has 8 heteroatoms. The Bertz CT molecular complexity index is 1130. The molecule has 1 N–H and O–H groups in total. The van der Waals surface area contributed by atoms with Gasteiger partial charge in [0, 0.05) is 17.8 Å². The van der Waals surface area contributed by atoms with Gasteiger partial charge in [0.05, 0.1) is 12.3 Å². The van der Waals surface area contributed by atoms with Gasteiger partial charge in [0.15, 0.2) is 5.75 Å². The Labute approximate surface area is 190 Å². The van der Waals surface area contributed by atoms with E-state index in [4.69, 9.17) is 21.1 Å². The van der Waals surface area contributed by atoms with Gasteiger partial charge in [0.25, 0.3) is 5.91 Å². The second-order valence-corrected chi connectivity index (χ2v) is 7.67. The second-order valence-electron chi connectivity index (χ2n) is 7.23. The number of fused-ring (bicyclic) bond motifs is 2. The first kappa shape index (κ1) is 21.6. The number of anilines is 1. The summed E-state index contributed by atoms with van der Waals surface area (Å²) < 4.78 is 11.4. The van der Waals surface area contributed by atoms with Crippen LogP contribution in [0.2, 0.25) is 5.02 Å². The molecule has 0 atom stereocenters. The maximum Gasteiger partial charge on any atom is 0.264 e. The number of carbonyl (C=O) groups excluding carboxylic acids is 2. The lowest BCUT2D eigenvalue weighted by Gasteiger charge is -2.21. The van der Waals surface area contributed by atoms with Crippen LogP contribution in [0.1, 0.15) is 29.3 Å². The number of aromatic nitrogens is 1. The summed E-state index contributed by atoms with van der Waals surface area (Å²) in [6.45, 7) is 2.84. The molecule has 2 aromatic carbocycles. The quantitative estimate of drug-likeness (QED) is 0.568. The van der Waals surface area contributed by atoms with Crippen molar-refractivity contribution in [1.29, 1.82) is 0 Å². The highest BCUT2D eigenvalue weighted by Gasteiger charge is 2.30. The summed E-state index contributed by atoms with van der Waals surface area (Å²) in [5.41, 5.74) is 1.61. The third kappa shape index (κ3) is 4.84. The average molecular weight is 452 g/mol. The van der Waals surface area contributed by atoms with Crippen molar-refractivity contribution in [2.75, 3.05) is 18.1 Å². The van der Waals surface area contributed by atoms with Crippen LogP contribution in [0.25, 0.3) is 0 Å². The van der Waals surface area contributed by atoms with E-state index in [-0.39, 0.29) is 29.8 Å². The summed E-state index contributed by atoms with van der Waals surface area (Å²) in [6.07, 6.45) is 2.48. The molecule has 4 rings (SSSR count). The van der Waals surface area contributed by atoms with Gasteiger partial charge in [0.1, 0.15) is 17.9 Å². The van der Waals surface area contributed by atoms with Gasteiger partial charge in [-0.15, -0.1) is 0 Å². The molecule has 0 fully saturated rings. The Hall–Kier alpha value is -3.58. The van der Waals surface area contributed by atoms with Crippen LogP contribution in [0.4, 0.5) is 5.69 Å². The van der Waals surface area contributed by atoms with Crippen LogP contribution in [-0.4, -0.2) is 29.9 Å². The third-order valence-corrected chi connectivity index (χ3v) is 5.09. The minimum atomic E-state index is -0.387. The first-order chi connectivity index (χ1) is 15.5. The predicted molar refractivity (Wildman–Crippen MR) is 122 cm³/mol. The van der Waals surface area contributed by atoms with Crippen LogP contribution < -0.4 is 19.7 Å². The highest BCUT2D eigenvalue weighted by molar-refractivity contribution is 6.31. The van der Waals surface area contributed by atoms with Gasteiger partial charge in [-0.05, 0) is 54.4 Å². The molecule has 0 saturated carbocycles. The molecule has 0 bridgehead atoms. The number of hydrogen-bond donors (Lipinski definition) is 1. The normalized spacial score (nSPS) is 12.3. The summed E-state index contributed by atoms with van der Waals surface area (Å²) in [5.74, 6) is 0.674. The number of benzene rings is 2. The van der Waals surface area contributed by atoms with E-state index >= 15 is 0 Å². The number of carbonyl (C=O) groups is 2. The number of amides is 2. The van der Waals surface area contributed by atoms with Gasteiger partial charge in [-0.25, -0.2) is 4.98 Å². The number of rotatable bonds is 7. The van der Waals surface area contributed by atoms with Crippen molar-refractivity contribution in [1.82, 2.24) is 10.3 Å². The molecule has 0 saturated heterocycles. The molecule has 0 radical (unpaired) electrons. The Balaban J connectivity index is 1.49. The molecule has 2 heterocycles. The van der Waals surface area contributed by atoms with Gasteiger partial charge < -0.3 is 14.8 Å². The summed E-state index contributed by atoms with van der Waals surface area (Å²) >= 11 is 6.16. The molecule has 0 aliphatic carbocycles. The molecule has 164 valence electrons. The van der Waals surface area contributed by atoms with E-state index in [2.05, 4.69) is 10.3 Å². The lowest BCUT2D eigenvalue weighted by molar-refractivity contribution is -0.119. The first-order valence-corrected chi connectivity index (χ1v) is 10.7. The lowest BCUT2D eigenvalue weighted by atomic mass is 10.2. The molecule has 1 aliphatic heterocycles. The molecule has 7 nitrogen and oxygen atoms in total. The van der Waals surface area contributed by atoms with Gasteiger partial charge in [-0.3, -0.25) is 14.5 Å². The minimum absolute atomic E-state index is 0.189. The number of nitrogens with zero attached hydrogens (tertiary/aromatic N) is 2. The third-order valence-electron chi connectivity index (χ3n) is 4.85. The van der Waals surface area contributed by atoms with Crippen molar-refractivity contribution < 1.29 is 19.1 Å². The van der Waals surface area contributed by atoms with Crippen LogP contribution in [0.15, 0.2) is 60.8 Å². The van der Waals surface area contributed by atoms with Crippen molar-refractivity contribution in [2.24, 2.45) is 0 Å². The van der Waals surface area contributed by atoms with E-state index < -0.39 is 0 Å². The summed E-state index contributed by atoms with van der Waals surface area (Å²) in [5, 5.41) is 3.28. The smallest absolute Gasteiger partial charge is 0.264 e. The molecule has 0 spiro atoms. The van der Waals surface area contributed by atoms with Crippen LogP contribution in [-0.2, 0) is 11.3 Å². The second kappa shape index (κ2) is 9.70. The highest BCUT2D eigenvalue weighted by atomic mass is 35.5. The maximum atomic E-state index is 13.2. The van der Waals surface area contributed by atoms with Crippen molar-refractivity contribution in [2.45, 2.75) is 19.9 Å². The Kier molecular flexibility index (Phi) is 6.56. The molecule has 3 aromatic rings. The predicted octanol–water partition coefficient (Wildman–Crippen LogP) is 4.59. The first-order valence-electron chi connectivity index (χ1n) is 10.3. The van der Waals surface area contributed by atoms with Crippen molar-refractivity contribution in [3.8, 4) is 17.4 Å². The topological polar surface area (TPSA) is 80.8 Å². The van der Waals surface area contributed by atoms with Crippen molar-refractivity contribution in [3.05, 3.63) is 76.9 Å². The van der Waals surface area contributed by atoms with Crippen LogP contribution in [0.5, 0.6) is 17.4 Å². The van der Waals surface area contributed by atoms with E-state index in [1.54, 1.807) is 36.5 Å². The maximum absolute atomic E-state index is 13.2. The number of nitrogens with one attached hydrogen (secondary N) is 1. The number of ether oxygens (including phenoxy) is 2. The Morgan fingerprint density at radius 2 is 2.00 bits per heavy atom. The molecular weight excluding hydrogens is 430 g/mol. The van der Waals surface area contributed by atoms with Gasteiger partial charge in [-0.2, -0.15) is 0 Å². The van der Waals surface area contributed by atoms with Crippen LogP contribution in [0, 0.1) is 0 Å². The fourth-order valence-electron chi connectivity index (χ4n) is 3.26. The van der Waals surface area contributed by atoms with E-state index in [0.29, 0.717) is 29.6 Å². The van der Waals surface area contributed by atoms with Crippen molar-refractivity contribution in [3.63, 3.8) is 0 Å². The molecule has 1 aromatic heterocycles. The largest absolute Gasteiger partial charge is 0.494 e.